The number of alkyl halides is 3. The minimum absolute atomic E-state index is 0.457. The molecule has 14 heavy (non-hydrogen) atoms. The molecule has 6 heteroatoms. The molecular formula is C8H7F3O3. The fourth-order valence-electron chi connectivity index (χ4n) is 0.937. The zero-order valence-corrected chi connectivity index (χ0v) is 6.78. The Kier molecular flexibility index (Phi) is 2.57. The van der Waals surface area contributed by atoms with Crippen LogP contribution in [0.5, 0.6) is 11.5 Å². The second kappa shape index (κ2) is 3.38. The third-order valence-corrected chi connectivity index (χ3v) is 1.62. The van der Waals surface area contributed by atoms with Crippen LogP contribution in [-0.4, -0.2) is 21.5 Å². The number of phenols is 2. The third kappa shape index (κ3) is 2.08. The van der Waals surface area contributed by atoms with Gasteiger partial charge in [0.05, 0.1) is 0 Å². The van der Waals surface area contributed by atoms with Gasteiger partial charge in [-0.2, -0.15) is 13.2 Å². The summed E-state index contributed by atoms with van der Waals surface area (Å²) in [4.78, 5) is 0. The van der Waals surface area contributed by atoms with Crippen molar-refractivity contribution >= 4 is 0 Å². The highest BCUT2D eigenvalue weighted by atomic mass is 19.4. The van der Waals surface area contributed by atoms with Crippen molar-refractivity contribution in [1.29, 1.82) is 0 Å². The first-order chi connectivity index (χ1) is 6.32. The molecule has 1 atom stereocenters. The van der Waals surface area contributed by atoms with E-state index in [4.69, 9.17) is 15.3 Å². The number of aliphatic hydroxyl groups is 1. The number of benzene rings is 1. The van der Waals surface area contributed by atoms with Crippen molar-refractivity contribution in [3.63, 3.8) is 0 Å². The second-order valence-corrected chi connectivity index (χ2v) is 2.69. The van der Waals surface area contributed by atoms with Crippen LogP contribution >= 0.6 is 0 Å². The van der Waals surface area contributed by atoms with Crippen LogP contribution in [-0.2, 0) is 0 Å². The van der Waals surface area contributed by atoms with Crippen LogP contribution < -0.4 is 0 Å². The van der Waals surface area contributed by atoms with E-state index in [1.807, 2.05) is 0 Å². The van der Waals surface area contributed by atoms with Gasteiger partial charge in [-0.15, -0.1) is 0 Å². The normalized spacial score (nSPS) is 14.0. The van der Waals surface area contributed by atoms with E-state index in [0.29, 0.717) is 6.07 Å². The van der Waals surface area contributed by atoms with Crippen molar-refractivity contribution in [2.45, 2.75) is 12.3 Å². The summed E-state index contributed by atoms with van der Waals surface area (Å²) < 4.78 is 36.0. The Bertz CT molecular complexity index is 335. The van der Waals surface area contributed by atoms with Gasteiger partial charge in [-0.3, -0.25) is 0 Å². The predicted molar refractivity (Wildman–Crippen MR) is 40.8 cm³/mol. The van der Waals surface area contributed by atoms with Crippen molar-refractivity contribution in [3.8, 4) is 11.5 Å². The Balaban J connectivity index is 3.12. The summed E-state index contributed by atoms with van der Waals surface area (Å²) in [5.41, 5.74) is -0.766. The number of phenolic OH excluding ortho intramolecular Hbond substituents is 2. The van der Waals surface area contributed by atoms with Gasteiger partial charge >= 0.3 is 6.18 Å². The molecule has 0 heterocycles. The second-order valence-electron chi connectivity index (χ2n) is 2.69. The standard InChI is InChI=1S/C8H7F3O3/c9-8(10,11)7(14)5-3-4(12)1-2-6(5)13/h1-3,7,12-14H. The Labute approximate surface area is 77.0 Å². The number of rotatable bonds is 1. The SMILES string of the molecule is Oc1ccc(O)c(C(O)C(F)(F)F)c1. The summed E-state index contributed by atoms with van der Waals surface area (Å²) >= 11 is 0. The van der Waals surface area contributed by atoms with E-state index in [1.165, 1.54) is 0 Å². The fraction of sp³-hybridized carbons (Fsp3) is 0.250. The van der Waals surface area contributed by atoms with Crippen LogP contribution in [0.2, 0.25) is 0 Å². The molecule has 0 aliphatic rings. The van der Waals surface area contributed by atoms with E-state index < -0.39 is 29.3 Å². The summed E-state index contributed by atoms with van der Waals surface area (Å²) in [7, 11) is 0. The first kappa shape index (κ1) is 10.6. The van der Waals surface area contributed by atoms with Gasteiger partial charge in [0.25, 0.3) is 0 Å². The number of hydrogen-bond acceptors (Lipinski definition) is 3. The van der Waals surface area contributed by atoms with E-state index >= 15 is 0 Å². The molecule has 0 radical (unpaired) electrons. The maximum Gasteiger partial charge on any atom is 0.418 e. The summed E-state index contributed by atoms with van der Waals surface area (Å²) in [6.07, 6.45) is -7.67. The molecule has 0 aliphatic heterocycles. The first-order valence-electron chi connectivity index (χ1n) is 3.59. The number of aromatic hydroxyl groups is 2. The summed E-state index contributed by atoms with van der Waals surface area (Å²) in [6.45, 7) is 0. The van der Waals surface area contributed by atoms with Crippen LogP contribution in [0.25, 0.3) is 0 Å². The van der Waals surface area contributed by atoms with Gasteiger partial charge in [-0.25, -0.2) is 0 Å². The lowest BCUT2D eigenvalue weighted by Crippen LogP contribution is -2.20. The molecule has 0 bridgehead atoms. The molecule has 0 fully saturated rings. The monoisotopic (exact) mass is 208 g/mol. The van der Waals surface area contributed by atoms with E-state index in [9.17, 15) is 13.2 Å². The van der Waals surface area contributed by atoms with Crippen molar-refractivity contribution in [2.75, 3.05) is 0 Å². The number of halogens is 3. The average molecular weight is 208 g/mol. The highest BCUT2D eigenvalue weighted by molar-refractivity contribution is 5.40. The van der Waals surface area contributed by atoms with Gasteiger partial charge in [-0.1, -0.05) is 0 Å². The van der Waals surface area contributed by atoms with Crippen LogP contribution in [0.3, 0.4) is 0 Å². The van der Waals surface area contributed by atoms with Gasteiger partial charge in [0.15, 0.2) is 6.10 Å². The zero-order chi connectivity index (χ0) is 10.9. The average Bonchev–Trinajstić information content (AvgIpc) is 2.06. The summed E-state index contributed by atoms with van der Waals surface area (Å²) in [5.74, 6) is -1.17. The number of hydrogen-bond donors (Lipinski definition) is 3. The Morgan fingerprint density at radius 2 is 1.71 bits per heavy atom. The van der Waals surface area contributed by atoms with Gasteiger partial charge in [-0.05, 0) is 18.2 Å². The predicted octanol–water partition coefficient (Wildman–Crippen LogP) is 1.69. The van der Waals surface area contributed by atoms with E-state index in [1.54, 1.807) is 0 Å². The minimum atomic E-state index is -4.87. The Hall–Kier alpha value is -1.43. The summed E-state index contributed by atoms with van der Waals surface area (Å²) in [5, 5.41) is 26.6. The fourth-order valence-corrected chi connectivity index (χ4v) is 0.937. The molecule has 0 amide bonds. The maximum absolute atomic E-state index is 12.0. The maximum atomic E-state index is 12.0. The first-order valence-corrected chi connectivity index (χ1v) is 3.59. The Morgan fingerprint density at radius 3 is 2.21 bits per heavy atom. The van der Waals surface area contributed by atoms with Crippen molar-refractivity contribution in [1.82, 2.24) is 0 Å². The highest BCUT2D eigenvalue weighted by Crippen LogP contribution is 2.37. The van der Waals surface area contributed by atoms with Crippen LogP contribution in [0.15, 0.2) is 18.2 Å². The summed E-state index contributed by atoms with van der Waals surface area (Å²) in [6, 6.07) is 2.55. The van der Waals surface area contributed by atoms with E-state index in [-0.39, 0.29) is 0 Å². The highest BCUT2D eigenvalue weighted by Gasteiger charge is 2.40. The van der Waals surface area contributed by atoms with E-state index in [2.05, 4.69) is 0 Å². The number of aliphatic hydroxyl groups excluding tert-OH is 1. The van der Waals surface area contributed by atoms with E-state index in [0.717, 1.165) is 12.1 Å². The molecule has 3 nitrogen and oxygen atoms in total. The van der Waals surface area contributed by atoms with Gasteiger partial charge in [0.1, 0.15) is 11.5 Å². The molecule has 0 aromatic heterocycles. The molecular weight excluding hydrogens is 201 g/mol. The van der Waals surface area contributed by atoms with Crippen LogP contribution in [0, 0.1) is 0 Å². The quantitative estimate of drug-likeness (QED) is 0.615. The van der Waals surface area contributed by atoms with Crippen molar-refractivity contribution in [2.24, 2.45) is 0 Å². The lowest BCUT2D eigenvalue weighted by molar-refractivity contribution is -0.207. The minimum Gasteiger partial charge on any atom is -0.508 e. The van der Waals surface area contributed by atoms with Crippen LogP contribution in [0.1, 0.15) is 11.7 Å². The smallest absolute Gasteiger partial charge is 0.418 e. The lowest BCUT2D eigenvalue weighted by Gasteiger charge is -2.15. The largest absolute Gasteiger partial charge is 0.508 e. The zero-order valence-electron chi connectivity index (χ0n) is 6.78. The molecule has 0 saturated carbocycles. The molecule has 0 aliphatic carbocycles. The molecule has 0 spiro atoms. The molecule has 1 rings (SSSR count). The lowest BCUT2D eigenvalue weighted by atomic mass is 10.1. The van der Waals surface area contributed by atoms with Gasteiger partial charge in [0.2, 0.25) is 0 Å². The molecule has 0 saturated heterocycles. The third-order valence-electron chi connectivity index (χ3n) is 1.62. The molecule has 1 unspecified atom stereocenters. The van der Waals surface area contributed by atoms with Crippen LogP contribution in [0.4, 0.5) is 13.2 Å². The van der Waals surface area contributed by atoms with Crippen molar-refractivity contribution in [3.05, 3.63) is 23.8 Å². The molecule has 78 valence electrons. The molecule has 3 N–H and O–H groups in total. The van der Waals surface area contributed by atoms with Gasteiger partial charge < -0.3 is 15.3 Å². The molecule has 1 aromatic rings. The topological polar surface area (TPSA) is 60.7 Å². The molecule has 1 aromatic carbocycles. The van der Waals surface area contributed by atoms with Gasteiger partial charge in [0, 0.05) is 5.56 Å². The Morgan fingerprint density at radius 1 is 1.14 bits per heavy atom. The van der Waals surface area contributed by atoms with Crippen molar-refractivity contribution < 1.29 is 28.5 Å².